The van der Waals surface area contributed by atoms with Crippen molar-refractivity contribution >= 4 is 11.6 Å². The predicted octanol–water partition coefficient (Wildman–Crippen LogP) is 3.64. The molecule has 3 heterocycles. The van der Waals surface area contributed by atoms with Crippen molar-refractivity contribution in [1.29, 1.82) is 0 Å². The molecule has 3 aromatic rings. The fourth-order valence-corrected chi connectivity index (χ4v) is 3.15. The standard InChI is InChI=1S/C15H8ClF3N2O3/c16-9-3-1-2-7-8(9)6-12-20-24-14(22)21(12)13(7)10-4-5-11(23-10)15(17,18)19/h1-5,13H,6H2. The highest BCUT2D eigenvalue weighted by Crippen LogP contribution is 2.40. The summed E-state index contributed by atoms with van der Waals surface area (Å²) in [5.41, 5.74) is 1.24. The number of hydrogen-bond donors (Lipinski definition) is 0. The van der Waals surface area contributed by atoms with Gasteiger partial charge in [0.05, 0.1) is 0 Å². The highest BCUT2D eigenvalue weighted by molar-refractivity contribution is 6.31. The molecule has 0 fully saturated rings. The van der Waals surface area contributed by atoms with E-state index in [1.807, 2.05) is 0 Å². The molecule has 0 saturated heterocycles. The van der Waals surface area contributed by atoms with E-state index in [1.54, 1.807) is 18.2 Å². The Labute approximate surface area is 137 Å². The molecule has 0 saturated carbocycles. The second-order valence-electron chi connectivity index (χ2n) is 5.32. The van der Waals surface area contributed by atoms with Crippen LogP contribution in [-0.4, -0.2) is 9.72 Å². The molecule has 5 nitrogen and oxygen atoms in total. The third-order valence-electron chi connectivity index (χ3n) is 3.92. The first-order valence-corrected chi connectivity index (χ1v) is 7.25. The SMILES string of the molecule is O=c1onc2n1C(c1ccc(C(F)(F)F)o1)c1cccc(Cl)c1C2. The van der Waals surface area contributed by atoms with E-state index in [9.17, 15) is 18.0 Å². The highest BCUT2D eigenvalue weighted by Gasteiger charge is 2.38. The van der Waals surface area contributed by atoms with Gasteiger partial charge in [-0.1, -0.05) is 28.9 Å². The summed E-state index contributed by atoms with van der Waals surface area (Å²) in [6.45, 7) is 0. The van der Waals surface area contributed by atoms with Crippen LogP contribution in [0.2, 0.25) is 5.02 Å². The zero-order valence-corrected chi connectivity index (χ0v) is 12.6. The molecule has 0 spiro atoms. The van der Waals surface area contributed by atoms with Gasteiger partial charge in [-0.05, 0) is 29.3 Å². The number of alkyl halides is 3. The molecule has 9 heteroatoms. The van der Waals surface area contributed by atoms with Gasteiger partial charge in [-0.2, -0.15) is 13.2 Å². The third-order valence-corrected chi connectivity index (χ3v) is 4.28. The first kappa shape index (κ1) is 15.1. The van der Waals surface area contributed by atoms with Gasteiger partial charge in [-0.3, -0.25) is 4.52 Å². The Morgan fingerprint density at radius 2 is 2.04 bits per heavy atom. The Kier molecular flexibility index (Phi) is 3.14. The summed E-state index contributed by atoms with van der Waals surface area (Å²) in [7, 11) is 0. The summed E-state index contributed by atoms with van der Waals surface area (Å²) in [5, 5.41) is 4.11. The molecule has 0 N–H and O–H groups in total. The average Bonchev–Trinajstić information content (AvgIpc) is 3.14. The summed E-state index contributed by atoms with van der Waals surface area (Å²) in [4.78, 5) is 12.0. The van der Waals surface area contributed by atoms with Crippen molar-refractivity contribution in [2.45, 2.75) is 18.6 Å². The third kappa shape index (κ3) is 2.17. The van der Waals surface area contributed by atoms with Gasteiger partial charge in [-0.25, -0.2) is 9.36 Å². The summed E-state index contributed by atoms with van der Waals surface area (Å²) in [5.74, 6) is -1.68. The van der Waals surface area contributed by atoms with Crippen LogP contribution in [0.1, 0.15) is 34.5 Å². The number of furan rings is 1. The van der Waals surface area contributed by atoms with Crippen LogP contribution in [-0.2, 0) is 12.6 Å². The Morgan fingerprint density at radius 3 is 2.75 bits per heavy atom. The largest absolute Gasteiger partial charge is 0.454 e. The summed E-state index contributed by atoms with van der Waals surface area (Å²) in [6, 6.07) is 6.10. The normalized spacial score (nSPS) is 16.8. The zero-order valence-electron chi connectivity index (χ0n) is 11.8. The van der Waals surface area contributed by atoms with Crippen LogP contribution in [0.3, 0.4) is 0 Å². The molecule has 2 aromatic heterocycles. The molecule has 1 atom stereocenters. The van der Waals surface area contributed by atoms with Crippen LogP contribution in [0.15, 0.2) is 44.1 Å². The molecule has 1 unspecified atom stereocenters. The molecule has 1 aliphatic rings. The van der Waals surface area contributed by atoms with Crippen molar-refractivity contribution in [2.24, 2.45) is 0 Å². The molecule has 1 aromatic carbocycles. The number of nitrogens with zero attached hydrogens (tertiary/aromatic N) is 2. The Hall–Kier alpha value is -2.48. The summed E-state index contributed by atoms with van der Waals surface area (Å²) >= 11 is 6.19. The van der Waals surface area contributed by atoms with Crippen molar-refractivity contribution in [3.63, 3.8) is 0 Å². The Morgan fingerprint density at radius 1 is 1.25 bits per heavy atom. The minimum absolute atomic E-state index is 0.0444. The Bertz CT molecular complexity index is 987. The molecular weight excluding hydrogens is 349 g/mol. The van der Waals surface area contributed by atoms with Crippen molar-refractivity contribution in [1.82, 2.24) is 9.72 Å². The molecule has 1 aliphatic heterocycles. The smallest absolute Gasteiger partial charge is 0.449 e. The quantitative estimate of drug-likeness (QED) is 0.522. The van der Waals surface area contributed by atoms with Gasteiger partial charge in [0.25, 0.3) is 0 Å². The van der Waals surface area contributed by atoms with Crippen LogP contribution < -0.4 is 5.76 Å². The predicted molar refractivity (Wildman–Crippen MR) is 76.0 cm³/mol. The Balaban J connectivity index is 1.95. The van der Waals surface area contributed by atoms with E-state index < -0.39 is 23.7 Å². The van der Waals surface area contributed by atoms with Gasteiger partial charge in [0, 0.05) is 11.4 Å². The van der Waals surface area contributed by atoms with E-state index >= 15 is 0 Å². The fourth-order valence-electron chi connectivity index (χ4n) is 2.90. The minimum Gasteiger partial charge on any atom is -0.454 e. The number of rotatable bonds is 1. The number of halogens is 4. The van der Waals surface area contributed by atoms with Gasteiger partial charge in [0.2, 0.25) is 5.76 Å². The maximum Gasteiger partial charge on any atom is 0.449 e. The average molecular weight is 357 g/mol. The van der Waals surface area contributed by atoms with E-state index in [4.69, 9.17) is 16.0 Å². The second kappa shape index (κ2) is 5.01. The number of benzene rings is 1. The van der Waals surface area contributed by atoms with Gasteiger partial charge in [0.1, 0.15) is 11.8 Å². The lowest BCUT2D eigenvalue weighted by Gasteiger charge is -2.25. The van der Waals surface area contributed by atoms with E-state index in [2.05, 4.69) is 9.68 Å². The molecule has 24 heavy (non-hydrogen) atoms. The lowest BCUT2D eigenvalue weighted by Crippen LogP contribution is -2.29. The second-order valence-corrected chi connectivity index (χ2v) is 5.73. The summed E-state index contributed by atoms with van der Waals surface area (Å²) in [6.07, 6.45) is -4.38. The van der Waals surface area contributed by atoms with E-state index in [-0.39, 0.29) is 18.0 Å². The zero-order chi connectivity index (χ0) is 17.1. The van der Waals surface area contributed by atoms with Crippen LogP contribution in [0.5, 0.6) is 0 Å². The lowest BCUT2D eigenvalue weighted by atomic mass is 9.92. The van der Waals surface area contributed by atoms with E-state index in [1.165, 1.54) is 10.6 Å². The number of fused-ring (bicyclic) bond motifs is 2. The number of aromatic nitrogens is 2. The van der Waals surface area contributed by atoms with E-state index in [0.717, 1.165) is 6.07 Å². The molecule has 124 valence electrons. The van der Waals surface area contributed by atoms with Crippen LogP contribution >= 0.6 is 11.6 Å². The molecule has 0 bridgehead atoms. The van der Waals surface area contributed by atoms with E-state index in [0.29, 0.717) is 16.1 Å². The topological polar surface area (TPSA) is 61.2 Å². The molecule has 0 radical (unpaired) electrons. The van der Waals surface area contributed by atoms with Crippen molar-refractivity contribution < 1.29 is 22.1 Å². The first-order valence-electron chi connectivity index (χ1n) is 6.87. The monoisotopic (exact) mass is 356 g/mol. The van der Waals surface area contributed by atoms with Crippen molar-refractivity contribution in [3.05, 3.63) is 74.4 Å². The maximum atomic E-state index is 12.8. The highest BCUT2D eigenvalue weighted by atomic mass is 35.5. The van der Waals surface area contributed by atoms with Crippen molar-refractivity contribution in [3.8, 4) is 0 Å². The number of hydrogen-bond acceptors (Lipinski definition) is 4. The molecule has 0 amide bonds. The maximum absolute atomic E-state index is 12.8. The van der Waals surface area contributed by atoms with Crippen LogP contribution in [0, 0.1) is 0 Å². The van der Waals surface area contributed by atoms with Gasteiger partial charge in [-0.15, -0.1) is 0 Å². The molecular formula is C15H8ClF3N2O3. The van der Waals surface area contributed by atoms with Crippen LogP contribution in [0.25, 0.3) is 0 Å². The minimum atomic E-state index is -4.62. The lowest BCUT2D eigenvalue weighted by molar-refractivity contribution is -0.153. The molecule has 0 aliphatic carbocycles. The molecule has 4 rings (SSSR count). The fraction of sp³-hybridized carbons (Fsp3) is 0.200. The van der Waals surface area contributed by atoms with Gasteiger partial charge >= 0.3 is 11.9 Å². The first-order chi connectivity index (χ1) is 11.4. The summed E-state index contributed by atoms with van der Waals surface area (Å²) < 4.78 is 49.3. The van der Waals surface area contributed by atoms with Crippen molar-refractivity contribution in [2.75, 3.05) is 0 Å². The van der Waals surface area contributed by atoms with Gasteiger partial charge in [0.15, 0.2) is 5.82 Å². The van der Waals surface area contributed by atoms with Gasteiger partial charge < -0.3 is 4.42 Å². The van der Waals surface area contributed by atoms with Crippen LogP contribution in [0.4, 0.5) is 13.2 Å².